The molecule has 1 amide bonds. The SMILES string of the molecule is CN(CCCNC(=O)c1ccc(COc2ccc(F)cc2)o1)Cc1ccccc1. The first-order valence-corrected chi connectivity index (χ1v) is 9.58. The van der Waals surface area contributed by atoms with Crippen molar-refractivity contribution in [2.45, 2.75) is 19.6 Å². The molecular formula is C23H25FN2O3. The second-order valence-electron chi connectivity index (χ2n) is 6.84. The van der Waals surface area contributed by atoms with Crippen LogP contribution < -0.4 is 10.1 Å². The van der Waals surface area contributed by atoms with E-state index in [2.05, 4.69) is 29.4 Å². The normalized spacial score (nSPS) is 10.9. The Kier molecular flexibility index (Phi) is 7.41. The summed E-state index contributed by atoms with van der Waals surface area (Å²) in [4.78, 5) is 14.4. The topological polar surface area (TPSA) is 54.7 Å². The van der Waals surface area contributed by atoms with Crippen molar-refractivity contribution in [3.63, 3.8) is 0 Å². The van der Waals surface area contributed by atoms with Crippen molar-refractivity contribution in [2.24, 2.45) is 0 Å². The molecule has 0 aliphatic rings. The highest BCUT2D eigenvalue weighted by atomic mass is 19.1. The van der Waals surface area contributed by atoms with E-state index in [0.29, 0.717) is 18.1 Å². The fourth-order valence-electron chi connectivity index (χ4n) is 2.87. The Labute approximate surface area is 170 Å². The zero-order valence-corrected chi connectivity index (χ0v) is 16.4. The summed E-state index contributed by atoms with van der Waals surface area (Å²) < 4.78 is 23.9. The van der Waals surface area contributed by atoms with Crippen LogP contribution in [0.3, 0.4) is 0 Å². The Hall–Kier alpha value is -3.12. The molecule has 0 spiro atoms. The van der Waals surface area contributed by atoms with Gasteiger partial charge in [-0.05, 0) is 62.0 Å². The van der Waals surface area contributed by atoms with Crippen LogP contribution in [0.2, 0.25) is 0 Å². The van der Waals surface area contributed by atoms with Gasteiger partial charge >= 0.3 is 0 Å². The number of carbonyl (C=O) groups is 1. The summed E-state index contributed by atoms with van der Waals surface area (Å²) in [6.45, 7) is 2.50. The quantitative estimate of drug-likeness (QED) is 0.521. The highest BCUT2D eigenvalue weighted by Gasteiger charge is 2.11. The fourth-order valence-corrected chi connectivity index (χ4v) is 2.87. The maximum atomic E-state index is 12.9. The van der Waals surface area contributed by atoms with Crippen molar-refractivity contribution >= 4 is 5.91 Å². The summed E-state index contributed by atoms with van der Waals surface area (Å²) in [7, 11) is 2.06. The maximum Gasteiger partial charge on any atom is 0.286 e. The minimum Gasteiger partial charge on any atom is -0.486 e. The third-order valence-corrected chi connectivity index (χ3v) is 4.38. The van der Waals surface area contributed by atoms with Crippen LogP contribution in [0.1, 0.15) is 28.3 Å². The molecular weight excluding hydrogens is 371 g/mol. The van der Waals surface area contributed by atoms with E-state index in [1.807, 2.05) is 18.2 Å². The van der Waals surface area contributed by atoms with Gasteiger partial charge in [0.15, 0.2) is 5.76 Å². The molecule has 0 bridgehead atoms. The van der Waals surface area contributed by atoms with Gasteiger partial charge in [-0.15, -0.1) is 0 Å². The predicted molar refractivity (Wildman–Crippen MR) is 109 cm³/mol. The number of halogens is 1. The highest BCUT2D eigenvalue weighted by molar-refractivity contribution is 5.91. The van der Waals surface area contributed by atoms with Gasteiger partial charge in [0.2, 0.25) is 0 Å². The fraction of sp³-hybridized carbons (Fsp3) is 0.261. The van der Waals surface area contributed by atoms with Crippen LogP contribution in [0, 0.1) is 5.82 Å². The number of ether oxygens (including phenoxy) is 1. The van der Waals surface area contributed by atoms with E-state index in [1.165, 1.54) is 17.7 Å². The third kappa shape index (κ3) is 6.76. The molecule has 29 heavy (non-hydrogen) atoms. The lowest BCUT2D eigenvalue weighted by Crippen LogP contribution is -2.27. The van der Waals surface area contributed by atoms with Crippen molar-refractivity contribution < 1.29 is 18.3 Å². The molecule has 2 aromatic carbocycles. The van der Waals surface area contributed by atoms with E-state index < -0.39 is 0 Å². The number of carbonyl (C=O) groups excluding carboxylic acids is 1. The molecule has 0 fully saturated rings. The lowest BCUT2D eigenvalue weighted by Gasteiger charge is -2.16. The van der Waals surface area contributed by atoms with Gasteiger partial charge in [-0.1, -0.05) is 30.3 Å². The van der Waals surface area contributed by atoms with Gasteiger partial charge < -0.3 is 19.4 Å². The zero-order valence-electron chi connectivity index (χ0n) is 16.4. The van der Waals surface area contributed by atoms with Crippen LogP contribution >= 0.6 is 0 Å². The molecule has 0 unspecified atom stereocenters. The van der Waals surface area contributed by atoms with Crippen molar-refractivity contribution in [3.05, 3.63) is 89.6 Å². The van der Waals surface area contributed by atoms with Crippen molar-refractivity contribution in [1.29, 1.82) is 0 Å². The van der Waals surface area contributed by atoms with Crippen LogP contribution in [0.4, 0.5) is 4.39 Å². The number of nitrogens with zero attached hydrogens (tertiary/aromatic N) is 1. The first-order valence-electron chi connectivity index (χ1n) is 9.58. The van der Waals surface area contributed by atoms with E-state index in [0.717, 1.165) is 19.5 Å². The molecule has 1 N–H and O–H groups in total. The Bertz CT molecular complexity index is 894. The number of nitrogens with one attached hydrogen (secondary N) is 1. The number of amides is 1. The summed E-state index contributed by atoms with van der Waals surface area (Å²) in [6.07, 6.45) is 0.844. The number of rotatable bonds is 10. The molecule has 1 heterocycles. The first kappa shape index (κ1) is 20.6. The molecule has 0 radical (unpaired) electrons. The lowest BCUT2D eigenvalue weighted by molar-refractivity contribution is 0.0920. The summed E-state index contributed by atoms with van der Waals surface area (Å²) in [5.74, 6) is 0.750. The monoisotopic (exact) mass is 396 g/mol. The van der Waals surface area contributed by atoms with Crippen molar-refractivity contribution in [3.8, 4) is 5.75 Å². The first-order chi connectivity index (χ1) is 14.1. The molecule has 3 rings (SSSR count). The molecule has 0 saturated carbocycles. The van der Waals surface area contributed by atoms with E-state index in [4.69, 9.17) is 9.15 Å². The number of benzene rings is 2. The minimum absolute atomic E-state index is 0.170. The molecule has 5 nitrogen and oxygen atoms in total. The summed E-state index contributed by atoms with van der Waals surface area (Å²) in [5.41, 5.74) is 1.27. The molecule has 0 aliphatic carbocycles. The summed E-state index contributed by atoms with van der Waals surface area (Å²) in [5, 5.41) is 2.87. The average Bonchev–Trinajstić information content (AvgIpc) is 3.21. The molecule has 3 aromatic rings. The van der Waals surface area contributed by atoms with E-state index >= 15 is 0 Å². The van der Waals surface area contributed by atoms with Crippen molar-refractivity contribution in [1.82, 2.24) is 10.2 Å². The smallest absolute Gasteiger partial charge is 0.286 e. The van der Waals surface area contributed by atoms with Gasteiger partial charge in [0.25, 0.3) is 5.91 Å². The van der Waals surface area contributed by atoms with Crippen LogP contribution in [-0.4, -0.2) is 30.9 Å². The lowest BCUT2D eigenvalue weighted by atomic mass is 10.2. The number of hydrogen-bond donors (Lipinski definition) is 1. The molecule has 1 aromatic heterocycles. The highest BCUT2D eigenvalue weighted by Crippen LogP contribution is 2.15. The molecule has 152 valence electrons. The van der Waals surface area contributed by atoms with E-state index in [9.17, 15) is 9.18 Å². The number of hydrogen-bond acceptors (Lipinski definition) is 4. The van der Waals surface area contributed by atoms with Gasteiger partial charge in [-0.3, -0.25) is 4.79 Å². The third-order valence-electron chi connectivity index (χ3n) is 4.38. The van der Waals surface area contributed by atoms with Crippen LogP contribution in [0.5, 0.6) is 5.75 Å². The molecule has 0 atom stereocenters. The van der Waals surface area contributed by atoms with Gasteiger partial charge in [0.05, 0.1) is 0 Å². The summed E-state index contributed by atoms with van der Waals surface area (Å²) >= 11 is 0. The Morgan fingerprint density at radius 1 is 1.07 bits per heavy atom. The Morgan fingerprint density at radius 3 is 2.59 bits per heavy atom. The Balaban J connectivity index is 1.36. The van der Waals surface area contributed by atoms with Gasteiger partial charge in [-0.25, -0.2) is 4.39 Å². The van der Waals surface area contributed by atoms with Gasteiger partial charge in [-0.2, -0.15) is 0 Å². The van der Waals surface area contributed by atoms with E-state index in [1.54, 1.807) is 24.3 Å². The van der Waals surface area contributed by atoms with Gasteiger partial charge in [0, 0.05) is 13.1 Å². The van der Waals surface area contributed by atoms with Gasteiger partial charge in [0.1, 0.15) is 23.9 Å². The molecule has 6 heteroatoms. The second-order valence-corrected chi connectivity index (χ2v) is 6.84. The van der Waals surface area contributed by atoms with E-state index in [-0.39, 0.29) is 24.1 Å². The van der Waals surface area contributed by atoms with Crippen LogP contribution in [-0.2, 0) is 13.2 Å². The molecule has 0 aliphatic heterocycles. The second kappa shape index (κ2) is 10.4. The van der Waals surface area contributed by atoms with Crippen LogP contribution in [0.15, 0.2) is 71.1 Å². The summed E-state index contributed by atoms with van der Waals surface area (Å²) in [6, 6.07) is 19.3. The Morgan fingerprint density at radius 2 is 1.83 bits per heavy atom. The number of furan rings is 1. The predicted octanol–water partition coefficient (Wildman–Crippen LogP) is 4.25. The average molecular weight is 396 g/mol. The molecule has 0 saturated heterocycles. The largest absolute Gasteiger partial charge is 0.486 e. The van der Waals surface area contributed by atoms with Crippen LogP contribution in [0.25, 0.3) is 0 Å². The van der Waals surface area contributed by atoms with Crippen molar-refractivity contribution in [2.75, 3.05) is 20.1 Å². The standard InChI is InChI=1S/C23H25FN2O3/c1-26(16-18-6-3-2-4-7-18)15-5-14-25-23(27)22-13-12-21(29-22)17-28-20-10-8-19(24)9-11-20/h2-4,6-13H,5,14-17H2,1H3,(H,25,27). The zero-order chi connectivity index (χ0) is 20.5. The minimum atomic E-state index is -0.319. The maximum absolute atomic E-state index is 12.9.